The van der Waals surface area contributed by atoms with Gasteiger partial charge < -0.3 is 25.0 Å². The van der Waals surface area contributed by atoms with Gasteiger partial charge in [0.1, 0.15) is 17.7 Å². The Morgan fingerprint density at radius 1 is 1.03 bits per heavy atom. The first-order valence-corrected chi connectivity index (χ1v) is 12.8. The van der Waals surface area contributed by atoms with Crippen LogP contribution in [0.2, 0.25) is 0 Å². The smallest absolute Gasteiger partial charge is 0.408 e. The van der Waals surface area contributed by atoms with Gasteiger partial charge in [-0.1, -0.05) is 43.7 Å². The highest BCUT2D eigenvalue weighted by Crippen LogP contribution is 2.31. The van der Waals surface area contributed by atoms with Gasteiger partial charge in [0.2, 0.25) is 11.8 Å². The Labute approximate surface area is 221 Å². The van der Waals surface area contributed by atoms with Gasteiger partial charge in [-0.2, -0.15) is 0 Å². The second-order valence-electron chi connectivity index (χ2n) is 11.4. The number of esters is 1. The number of nitrogens with one attached hydrogen (secondary N) is 2. The predicted octanol–water partition coefficient (Wildman–Crippen LogP) is 4.28. The van der Waals surface area contributed by atoms with Gasteiger partial charge in [-0.15, -0.1) is 0 Å². The molecular weight excluding hydrogens is 474 g/mol. The highest BCUT2D eigenvalue weighted by molar-refractivity contribution is 5.93. The molecule has 0 bridgehead atoms. The van der Waals surface area contributed by atoms with E-state index in [0.29, 0.717) is 5.56 Å². The van der Waals surface area contributed by atoms with E-state index in [2.05, 4.69) is 10.6 Å². The van der Waals surface area contributed by atoms with Crippen LogP contribution in [0.25, 0.3) is 0 Å². The van der Waals surface area contributed by atoms with Crippen LogP contribution in [-0.4, -0.2) is 59.1 Å². The van der Waals surface area contributed by atoms with Crippen LogP contribution in [0.3, 0.4) is 0 Å². The zero-order valence-corrected chi connectivity index (χ0v) is 24.1. The van der Waals surface area contributed by atoms with Crippen LogP contribution >= 0.6 is 0 Å². The van der Waals surface area contributed by atoms with Crippen molar-refractivity contribution < 1.29 is 28.7 Å². The van der Waals surface area contributed by atoms with E-state index in [1.165, 1.54) is 4.90 Å². The van der Waals surface area contributed by atoms with E-state index in [1.54, 1.807) is 33.8 Å². The van der Waals surface area contributed by atoms with Crippen LogP contribution in [0.5, 0.6) is 0 Å². The van der Waals surface area contributed by atoms with E-state index >= 15 is 0 Å². The van der Waals surface area contributed by atoms with Crippen LogP contribution in [-0.2, 0) is 23.9 Å². The van der Waals surface area contributed by atoms with Crippen LogP contribution in [0, 0.1) is 12.8 Å². The standard InChI is InChI=1S/C28H45N3O6/c1-11-36-21(32)15-16-29-24(33)23(20-14-12-13-19(4)17-20)31(27(5,6)7)25(34)22(18(2)3)30-26(35)37-28(8,9)10/h12-14,17-18,22-23H,11,15-16H2,1-10H3,(H,29,33)(H,30,35). The van der Waals surface area contributed by atoms with E-state index in [9.17, 15) is 19.2 Å². The summed E-state index contributed by atoms with van der Waals surface area (Å²) in [5, 5.41) is 5.50. The number of alkyl carbamates (subject to hydrolysis) is 1. The molecule has 208 valence electrons. The Hall–Kier alpha value is -3.10. The summed E-state index contributed by atoms with van der Waals surface area (Å²) in [5.41, 5.74) is 0.0145. The predicted molar refractivity (Wildman–Crippen MR) is 143 cm³/mol. The maximum Gasteiger partial charge on any atom is 0.408 e. The first-order chi connectivity index (χ1) is 17.0. The van der Waals surface area contributed by atoms with Crippen molar-refractivity contribution in [3.63, 3.8) is 0 Å². The number of hydrogen-bond donors (Lipinski definition) is 2. The molecular formula is C28H45N3O6. The summed E-state index contributed by atoms with van der Waals surface area (Å²) < 4.78 is 10.3. The fraction of sp³-hybridized carbons (Fsp3) is 0.643. The summed E-state index contributed by atoms with van der Waals surface area (Å²) in [5.74, 6) is -1.55. The third-order valence-corrected chi connectivity index (χ3v) is 5.36. The molecule has 0 fully saturated rings. The average Bonchev–Trinajstić information content (AvgIpc) is 2.73. The molecule has 0 aromatic heterocycles. The molecule has 9 heteroatoms. The number of ether oxygens (including phenoxy) is 2. The van der Waals surface area contributed by atoms with Crippen molar-refractivity contribution in [1.29, 1.82) is 0 Å². The molecule has 0 aliphatic rings. The van der Waals surface area contributed by atoms with Gasteiger partial charge in [0.15, 0.2) is 0 Å². The van der Waals surface area contributed by atoms with Gasteiger partial charge in [-0.3, -0.25) is 14.4 Å². The van der Waals surface area contributed by atoms with Crippen LogP contribution < -0.4 is 10.6 Å². The van der Waals surface area contributed by atoms with Crippen molar-refractivity contribution in [2.24, 2.45) is 5.92 Å². The van der Waals surface area contributed by atoms with Crippen molar-refractivity contribution in [2.45, 2.75) is 98.9 Å². The molecule has 0 aliphatic heterocycles. The van der Waals surface area contributed by atoms with Gasteiger partial charge >= 0.3 is 12.1 Å². The summed E-state index contributed by atoms with van der Waals surface area (Å²) in [6.07, 6.45) is -0.697. The molecule has 2 atom stereocenters. The van der Waals surface area contributed by atoms with Crippen molar-refractivity contribution in [3.8, 4) is 0 Å². The number of carbonyl (C=O) groups is 4. The molecule has 2 unspecified atom stereocenters. The lowest BCUT2D eigenvalue weighted by atomic mass is 9.92. The third-order valence-electron chi connectivity index (χ3n) is 5.36. The number of benzene rings is 1. The Bertz CT molecular complexity index is 946. The fourth-order valence-corrected chi connectivity index (χ4v) is 3.82. The third kappa shape index (κ3) is 10.4. The number of rotatable bonds is 10. The zero-order valence-electron chi connectivity index (χ0n) is 24.1. The van der Waals surface area contributed by atoms with Crippen molar-refractivity contribution in [3.05, 3.63) is 35.4 Å². The van der Waals surface area contributed by atoms with Crippen molar-refractivity contribution in [1.82, 2.24) is 15.5 Å². The highest BCUT2D eigenvalue weighted by Gasteiger charge is 2.42. The van der Waals surface area contributed by atoms with E-state index in [1.807, 2.05) is 59.7 Å². The number of nitrogens with zero attached hydrogens (tertiary/aromatic N) is 1. The lowest BCUT2D eigenvalue weighted by Gasteiger charge is -2.43. The van der Waals surface area contributed by atoms with Crippen molar-refractivity contribution >= 4 is 23.9 Å². The van der Waals surface area contributed by atoms with Crippen molar-refractivity contribution in [2.75, 3.05) is 13.2 Å². The maximum atomic E-state index is 14.1. The molecule has 0 radical (unpaired) electrons. The minimum Gasteiger partial charge on any atom is -0.466 e. The number of carbonyl (C=O) groups excluding carboxylic acids is 4. The largest absolute Gasteiger partial charge is 0.466 e. The number of aryl methyl sites for hydroxylation is 1. The van der Waals surface area contributed by atoms with Gasteiger partial charge in [-0.25, -0.2) is 4.79 Å². The molecule has 1 aromatic carbocycles. The topological polar surface area (TPSA) is 114 Å². The second kappa shape index (κ2) is 13.4. The van der Waals surface area contributed by atoms with Gasteiger partial charge in [-0.05, 0) is 66.9 Å². The van der Waals surface area contributed by atoms with E-state index < -0.39 is 47.1 Å². The van der Waals surface area contributed by atoms with Gasteiger partial charge in [0.25, 0.3) is 0 Å². The summed E-state index contributed by atoms with van der Waals surface area (Å²) in [4.78, 5) is 53.6. The Kier molecular flexibility index (Phi) is 11.6. The fourth-order valence-electron chi connectivity index (χ4n) is 3.82. The Balaban J connectivity index is 3.45. The SMILES string of the molecule is CCOC(=O)CCNC(=O)C(c1cccc(C)c1)N(C(=O)C(NC(=O)OC(C)(C)C)C(C)C)C(C)(C)C. The maximum absolute atomic E-state index is 14.1. The normalized spacial score (nSPS) is 13.4. The Morgan fingerprint density at radius 2 is 1.65 bits per heavy atom. The molecule has 37 heavy (non-hydrogen) atoms. The monoisotopic (exact) mass is 519 g/mol. The molecule has 3 amide bonds. The first-order valence-electron chi connectivity index (χ1n) is 12.8. The molecule has 0 spiro atoms. The van der Waals surface area contributed by atoms with E-state index in [-0.39, 0.29) is 25.5 Å². The molecule has 0 heterocycles. The first kappa shape index (κ1) is 31.9. The van der Waals surface area contributed by atoms with Crippen LogP contribution in [0.1, 0.15) is 85.9 Å². The molecule has 0 saturated heterocycles. The Morgan fingerprint density at radius 3 is 2.14 bits per heavy atom. The lowest BCUT2D eigenvalue weighted by molar-refractivity contribution is -0.149. The highest BCUT2D eigenvalue weighted by atomic mass is 16.6. The van der Waals surface area contributed by atoms with Crippen LogP contribution in [0.15, 0.2) is 24.3 Å². The number of amides is 3. The van der Waals surface area contributed by atoms with Crippen LogP contribution in [0.4, 0.5) is 4.79 Å². The quantitative estimate of drug-likeness (QED) is 0.446. The van der Waals surface area contributed by atoms with Gasteiger partial charge in [0.05, 0.1) is 13.0 Å². The summed E-state index contributed by atoms with van der Waals surface area (Å²) in [6, 6.07) is 5.44. The minimum atomic E-state index is -1.00. The molecule has 0 aliphatic carbocycles. The second-order valence-corrected chi connectivity index (χ2v) is 11.4. The number of hydrogen-bond acceptors (Lipinski definition) is 6. The summed E-state index contributed by atoms with van der Waals surface area (Å²) in [7, 11) is 0. The molecule has 2 N–H and O–H groups in total. The minimum absolute atomic E-state index is 0.0123. The average molecular weight is 520 g/mol. The zero-order chi connectivity index (χ0) is 28.6. The van der Waals surface area contributed by atoms with E-state index in [0.717, 1.165) is 5.56 Å². The molecule has 1 rings (SSSR count). The molecule has 1 aromatic rings. The summed E-state index contributed by atoms with van der Waals surface area (Å²) in [6.45, 7) is 18.3. The van der Waals surface area contributed by atoms with Gasteiger partial charge in [0, 0.05) is 12.1 Å². The summed E-state index contributed by atoms with van der Waals surface area (Å²) >= 11 is 0. The molecule has 9 nitrogen and oxygen atoms in total. The lowest BCUT2D eigenvalue weighted by Crippen LogP contribution is -2.60. The van der Waals surface area contributed by atoms with E-state index in [4.69, 9.17) is 9.47 Å². The molecule has 0 saturated carbocycles.